The zero-order valence-corrected chi connectivity index (χ0v) is 16.2. The molecule has 1 saturated heterocycles. The number of nitrogens with one attached hydrogen (secondary N) is 1. The SMILES string of the molecule is O=C1CCN(S(=O)(=O)c2ccccc2)CCCN(C(=O)c2ccco2)CCN1. The molecule has 3 rings (SSSR count). The summed E-state index contributed by atoms with van der Waals surface area (Å²) in [6.07, 6.45) is 1.94. The largest absolute Gasteiger partial charge is 0.459 e. The fraction of sp³-hybridized carbons (Fsp3) is 0.368. The van der Waals surface area contributed by atoms with Crippen LogP contribution in [0.1, 0.15) is 23.4 Å². The van der Waals surface area contributed by atoms with E-state index in [-0.39, 0.29) is 42.0 Å². The summed E-state index contributed by atoms with van der Waals surface area (Å²) in [6, 6.07) is 11.4. The van der Waals surface area contributed by atoms with Gasteiger partial charge < -0.3 is 14.6 Å². The van der Waals surface area contributed by atoms with Crippen molar-refractivity contribution in [3.8, 4) is 0 Å². The Balaban J connectivity index is 1.76. The Hall–Kier alpha value is -2.65. The lowest BCUT2D eigenvalue weighted by Crippen LogP contribution is -2.39. The van der Waals surface area contributed by atoms with E-state index in [4.69, 9.17) is 4.42 Å². The monoisotopic (exact) mass is 405 g/mol. The molecule has 2 heterocycles. The molecule has 2 amide bonds. The van der Waals surface area contributed by atoms with E-state index < -0.39 is 10.0 Å². The topological polar surface area (TPSA) is 99.9 Å². The van der Waals surface area contributed by atoms with Gasteiger partial charge in [0, 0.05) is 39.1 Å². The summed E-state index contributed by atoms with van der Waals surface area (Å²) in [5, 5.41) is 2.74. The lowest BCUT2D eigenvalue weighted by atomic mass is 10.3. The summed E-state index contributed by atoms with van der Waals surface area (Å²) < 4.78 is 32.4. The van der Waals surface area contributed by atoms with Gasteiger partial charge in [-0.15, -0.1) is 0 Å². The number of furan rings is 1. The summed E-state index contributed by atoms with van der Waals surface area (Å²) in [5.74, 6) is -0.313. The van der Waals surface area contributed by atoms with Crippen molar-refractivity contribution in [1.82, 2.24) is 14.5 Å². The molecule has 1 aromatic heterocycles. The number of nitrogens with zero attached hydrogens (tertiary/aromatic N) is 2. The summed E-state index contributed by atoms with van der Waals surface area (Å²) >= 11 is 0. The van der Waals surface area contributed by atoms with Gasteiger partial charge in [-0.2, -0.15) is 4.31 Å². The molecule has 0 atom stereocenters. The molecule has 150 valence electrons. The quantitative estimate of drug-likeness (QED) is 0.830. The highest BCUT2D eigenvalue weighted by atomic mass is 32.2. The first kappa shape index (κ1) is 20.1. The zero-order chi connectivity index (χ0) is 20.0. The van der Waals surface area contributed by atoms with Gasteiger partial charge in [0.25, 0.3) is 5.91 Å². The van der Waals surface area contributed by atoms with Gasteiger partial charge in [-0.3, -0.25) is 9.59 Å². The molecule has 1 aliphatic rings. The molecule has 1 N–H and O–H groups in total. The van der Waals surface area contributed by atoms with Crippen molar-refractivity contribution >= 4 is 21.8 Å². The van der Waals surface area contributed by atoms with Gasteiger partial charge >= 0.3 is 0 Å². The molecule has 1 aliphatic heterocycles. The maximum absolute atomic E-state index is 12.9. The highest BCUT2D eigenvalue weighted by Gasteiger charge is 2.26. The predicted molar refractivity (Wildman–Crippen MR) is 102 cm³/mol. The van der Waals surface area contributed by atoms with E-state index in [1.165, 1.54) is 22.7 Å². The minimum absolute atomic E-state index is 0.0677. The second-order valence-corrected chi connectivity index (χ2v) is 8.38. The fourth-order valence-electron chi connectivity index (χ4n) is 3.05. The Bertz CT molecular complexity index is 897. The van der Waals surface area contributed by atoms with E-state index in [9.17, 15) is 18.0 Å². The Morgan fingerprint density at radius 2 is 1.79 bits per heavy atom. The van der Waals surface area contributed by atoms with Gasteiger partial charge in [0.15, 0.2) is 5.76 Å². The highest BCUT2D eigenvalue weighted by molar-refractivity contribution is 7.89. The minimum atomic E-state index is -3.71. The number of sulfonamides is 1. The van der Waals surface area contributed by atoms with Crippen molar-refractivity contribution in [1.29, 1.82) is 0 Å². The molecule has 9 heteroatoms. The molecule has 0 saturated carbocycles. The van der Waals surface area contributed by atoms with Crippen LogP contribution in [0.3, 0.4) is 0 Å². The predicted octanol–water partition coefficient (Wildman–Crippen LogP) is 1.32. The smallest absolute Gasteiger partial charge is 0.289 e. The molecule has 28 heavy (non-hydrogen) atoms. The number of benzene rings is 1. The molecule has 8 nitrogen and oxygen atoms in total. The lowest BCUT2D eigenvalue weighted by Gasteiger charge is -2.24. The van der Waals surface area contributed by atoms with Gasteiger partial charge in [0.2, 0.25) is 15.9 Å². The van der Waals surface area contributed by atoms with Gasteiger partial charge in [-0.25, -0.2) is 8.42 Å². The number of carbonyl (C=O) groups excluding carboxylic acids is 2. The molecule has 0 aliphatic carbocycles. The van der Waals surface area contributed by atoms with Crippen molar-refractivity contribution in [3.05, 3.63) is 54.5 Å². The van der Waals surface area contributed by atoms with Gasteiger partial charge in [-0.05, 0) is 30.7 Å². The van der Waals surface area contributed by atoms with Crippen molar-refractivity contribution in [2.24, 2.45) is 0 Å². The Morgan fingerprint density at radius 3 is 2.50 bits per heavy atom. The summed E-state index contributed by atoms with van der Waals surface area (Å²) in [5.41, 5.74) is 0. The molecular weight excluding hydrogens is 382 g/mol. The summed E-state index contributed by atoms with van der Waals surface area (Å²) in [7, 11) is -3.71. The van der Waals surface area contributed by atoms with Crippen LogP contribution in [0.5, 0.6) is 0 Å². The van der Waals surface area contributed by atoms with Crippen LogP contribution in [0.4, 0.5) is 0 Å². The first-order valence-electron chi connectivity index (χ1n) is 9.13. The summed E-state index contributed by atoms with van der Waals surface area (Å²) in [6.45, 7) is 1.30. The van der Waals surface area contributed by atoms with Crippen LogP contribution in [0.25, 0.3) is 0 Å². The third kappa shape index (κ3) is 4.79. The van der Waals surface area contributed by atoms with E-state index in [2.05, 4.69) is 5.32 Å². The van der Waals surface area contributed by atoms with Crippen LogP contribution >= 0.6 is 0 Å². The Kier molecular flexibility index (Phi) is 6.48. The molecule has 2 aromatic rings. The van der Waals surface area contributed by atoms with Gasteiger partial charge in [-0.1, -0.05) is 18.2 Å². The normalized spacial score (nSPS) is 17.6. The van der Waals surface area contributed by atoms with Crippen molar-refractivity contribution in [2.45, 2.75) is 17.7 Å². The van der Waals surface area contributed by atoms with Crippen LogP contribution < -0.4 is 5.32 Å². The molecule has 0 radical (unpaired) electrons. The van der Waals surface area contributed by atoms with E-state index in [0.717, 1.165) is 0 Å². The van der Waals surface area contributed by atoms with Gasteiger partial charge in [0.1, 0.15) is 0 Å². The van der Waals surface area contributed by atoms with Crippen molar-refractivity contribution < 1.29 is 22.4 Å². The molecule has 1 fully saturated rings. The number of rotatable bonds is 3. The van der Waals surface area contributed by atoms with Crippen LogP contribution in [0.2, 0.25) is 0 Å². The molecular formula is C19H23N3O5S. The lowest BCUT2D eigenvalue weighted by molar-refractivity contribution is -0.121. The van der Waals surface area contributed by atoms with Gasteiger partial charge in [0.05, 0.1) is 11.2 Å². The zero-order valence-electron chi connectivity index (χ0n) is 15.4. The number of carbonyl (C=O) groups is 2. The maximum Gasteiger partial charge on any atom is 0.289 e. The highest BCUT2D eigenvalue weighted by Crippen LogP contribution is 2.17. The van der Waals surface area contributed by atoms with E-state index >= 15 is 0 Å². The molecule has 0 unspecified atom stereocenters. The number of amides is 2. The standard InChI is InChI=1S/C19H23N3O5S/c23-18-9-13-22(28(25,26)16-6-2-1-3-7-16)12-5-11-21(14-10-20-18)19(24)17-8-4-15-27-17/h1-4,6-8,15H,5,9-14H2,(H,20,23). The van der Waals surface area contributed by atoms with Crippen molar-refractivity contribution in [2.75, 3.05) is 32.7 Å². The fourth-order valence-corrected chi connectivity index (χ4v) is 4.55. The van der Waals surface area contributed by atoms with Crippen LogP contribution in [0, 0.1) is 0 Å². The number of hydrogen-bond donors (Lipinski definition) is 1. The summed E-state index contributed by atoms with van der Waals surface area (Å²) in [4.78, 5) is 26.4. The molecule has 1 aromatic carbocycles. The third-order valence-electron chi connectivity index (χ3n) is 4.53. The first-order chi connectivity index (χ1) is 13.5. The third-order valence-corrected chi connectivity index (χ3v) is 6.44. The minimum Gasteiger partial charge on any atom is -0.459 e. The van der Waals surface area contributed by atoms with Crippen molar-refractivity contribution in [3.63, 3.8) is 0 Å². The Labute approximate surface area is 164 Å². The Morgan fingerprint density at radius 1 is 1.00 bits per heavy atom. The molecule has 0 bridgehead atoms. The van der Waals surface area contributed by atoms with E-state index in [1.807, 2.05) is 0 Å². The number of hydrogen-bond acceptors (Lipinski definition) is 5. The maximum atomic E-state index is 12.9. The van der Waals surface area contributed by atoms with Crippen LogP contribution in [-0.4, -0.2) is 62.2 Å². The van der Waals surface area contributed by atoms with Crippen LogP contribution in [-0.2, 0) is 14.8 Å². The van der Waals surface area contributed by atoms with E-state index in [0.29, 0.717) is 26.1 Å². The average molecular weight is 405 g/mol. The van der Waals surface area contributed by atoms with Crippen LogP contribution in [0.15, 0.2) is 58.0 Å². The first-order valence-corrected chi connectivity index (χ1v) is 10.6. The second-order valence-electron chi connectivity index (χ2n) is 6.44. The second kappa shape index (κ2) is 9.03. The average Bonchev–Trinajstić information content (AvgIpc) is 3.22. The van der Waals surface area contributed by atoms with E-state index in [1.54, 1.807) is 35.2 Å². The molecule has 0 spiro atoms.